The molecule has 2 aromatic rings. The van der Waals surface area contributed by atoms with E-state index in [9.17, 15) is 9.59 Å². The lowest BCUT2D eigenvalue weighted by atomic mass is 9.68. The fourth-order valence-corrected chi connectivity index (χ4v) is 5.07. The summed E-state index contributed by atoms with van der Waals surface area (Å²) in [4.78, 5) is 26.6. The van der Waals surface area contributed by atoms with Crippen molar-refractivity contribution in [2.24, 2.45) is 5.92 Å². The summed E-state index contributed by atoms with van der Waals surface area (Å²) >= 11 is 6.04. The highest BCUT2D eigenvalue weighted by Crippen LogP contribution is 2.48. The Morgan fingerprint density at radius 1 is 1.09 bits per heavy atom. The van der Waals surface area contributed by atoms with Crippen molar-refractivity contribution in [3.8, 4) is 11.5 Å². The molecule has 3 atom stereocenters. The average molecular weight is 466 g/mol. The zero-order valence-electron chi connectivity index (χ0n) is 18.4. The summed E-state index contributed by atoms with van der Waals surface area (Å²) in [7, 11) is 0. The Morgan fingerprint density at radius 3 is 2.58 bits per heavy atom. The number of nitrogens with one attached hydrogen (secondary N) is 1. The zero-order chi connectivity index (χ0) is 23.1. The molecule has 0 bridgehead atoms. The number of hydrogen-bond donors (Lipinski definition) is 1. The molecule has 2 aromatic carbocycles. The number of rotatable bonds is 4. The molecule has 0 amide bonds. The van der Waals surface area contributed by atoms with Crippen LogP contribution < -0.4 is 14.8 Å². The molecule has 0 radical (unpaired) electrons. The molecule has 170 valence electrons. The standard InChI is InChI=1S/C26H24ClNO5/c1-3-31-26(30)23-14(2)28-19-10-17(15-4-7-18(27)8-5-15)11-20(29)25(19)24(23)16-6-9-21-22(12-16)33-13-32-21/h4-10,12,17,24-25,28H,3,11,13H2,1-2H3. The maximum atomic E-state index is 13.6. The van der Waals surface area contributed by atoms with Crippen molar-refractivity contribution < 1.29 is 23.8 Å². The predicted molar refractivity (Wildman–Crippen MR) is 123 cm³/mol. The molecule has 0 spiro atoms. The molecule has 2 aliphatic heterocycles. The second kappa shape index (κ2) is 8.60. The van der Waals surface area contributed by atoms with Gasteiger partial charge in [-0.2, -0.15) is 0 Å². The van der Waals surface area contributed by atoms with Crippen LogP contribution >= 0.6 is 11.6 Å². The summed E-state index contributed by atoms with van der Waals surface area (Å²) in [6.45, 7) is 4.03. The molecule has 3 unspecified atom stereocenters. The third-order valence-electron chi connectivity index (χ3n) is 6.41. The fourth-order valence-electron chi connectivity index (χ4n) is 4.94. The van der Waals surface area contributed by atoms with E-state index in [1.807, 2.05) is 49.4 Å². The van der Waals surface area contributed by atoms with E-state index in [0.29, 0.717) is 34.2 Å². The first-order valence-electron chi connectivity index (χ1n) is 11.0. The topological polar surface area (TPSA) is 73.9 Å². The Labute approximate surface area is 197 Å². The molecular weight excluding hydrogens is 442 g/mol. The Bertz CT molecular complexity index is 1180. The molecule has 2 heterocycles. The van der Waals surface area contributed by atoms with E-state index in [4.69, 9.17) is 25.8 Å². The van der Waals surface area contributed by atoms with Gasteiger partial charge in [0.15, 0.2) is 11.5 Å². The number of hydrogen-bond acceptors (Lipinski definition) is 6. The summed E-state index contributed by atoms with van der Waals surface area (Å²) in [6, 6.07) is 13.1. The molecule has 0 fully saturated rings. The molecular formula is C26H24ClNO5. The number of ether oxygens (including phenoxy) is 3. The van der Waals surface area contributed by atoms with E-state index in [-0.39, 0.29) is 25.1 Å². The third-order valence-corrected chi connectivity index (χ3v) is 6.67. The van der Waals surface area contributed by atoms with Crippen molar-refractivity contribution in [3.05, 3.63) is 81.7 Å². The van der Waals surface area contributed by atoms with Crippen molar-refractivity contribution in [2.45, 2.75) is 32.1 Å². The molecule has 5 rings (SSSR count). The summed E-state index contributed by atoms with van der Waals surface area (Å²) < 4.78 is 16.4. The highest BCUT2D eigenvalue weighted by Gasteiger charge is 2.45. The minimum atomic E-state index is -0.517. The fraction of sp³-hybridized carbons (Fsp3) is 0.308. The van der Waals surface area contributed by atoms with Crippen molar-refractivity contribution >= 4 is 23.4 Å². The van der Waals surface area contributed by atoms with Gasteiger partial charge in [0.1, 0.15) is 5.78 Å². The van der Waals surface area contributed by atoms with Crippen LogP contribution in [0.2, 0.25) is 5.02 Å². The summed E-state index contributed by atoms with van der Waals surface area (Å²) in [5, 5.41) is 3.99. The molecule has 33 heavy (non-hydrogen) atoms. The van der Waals surface area contributed by atoms with Crippen LogP contribution in [0.1, 0.15) is 43.2 Å². The van der Waals surface area contributed by atoms with Crippen LogP contribution in [0.25, 0.3) is 0 Å². The number of allylic oxidation sites excluding steroid dienone is 3. The molecule has 1 aliphatic carbocycles. The Balaban J connectivity index is 1.61. The molecule has 1 N–H and O–H groups in total. The number of esters is 1. The number of ketones is 1. The molecule has 6 nitrogen and oxygen atoms in total. The SMILES string of the molecule is CCOC(=O)C1=C(C)NC2=CC(c3ccc(Cl)cc3)CC(=O)C2C1c1ccc2c(c1)OCO2. The van der Waals surface area contributed by atoms with Gasteiger partial charge in [-0.05, 0) is 49.2 Å². The smallest absolute Gasteiger partial charge is 0.336 e. The van der Waals surface area contributed by atoms with Gasteiger partial charge in [-0.25, -0.2) is 4.79 Å². The van der Waals surface area contributed by atoms with Gasteiger partial charge in [-0.1, -0.05) is 35.9 Å². The lowest BCUT2D eigenvalue weighted by Crippen LogP contribution is -2.41. The molecule has 0 aromatic heterocycles. The summed E-state index contributed by atoms with van der Waals surface area (Å²) in [5.41, 5.74) is 3.80. The maximum Gasteiger partial charge on any atom is 0.336 e. The van der Waals surface area contributed by atoms with Gasteiger partial charge in [-0.15, -0.1) is 0 Å². The van der Waals surface area contributed by atoms with Crippen LogP contribution in [0.5, 0.6) is 11.5 Å². The second-order valence-electron chi connectivity index (χ2n) is 8.40. The first kappa shape index (κ1) is 21.6. The third kappa shape index (κ3) is 3.89. The predicted octanol–water partition coefficient (Wildman–Crippen LogP) is 4.85. The van der Waals surface area contributed by atoms with E-state index in [1.165, 1.54) is 0 Å². The normalized spacial score (nSPS) is 23.5. The summed E-state index contributed by atoms with van der Waals surface area (Å²) in [6.07, 6.45) is 2.44. The molecule has 0 saturated heterocycles. The van der Waals surface area contributed by atoms with Gasteiger partial charge in [0.05, 0.1) is 18.1 Å². The van der Waals surface area contributed by atoms with Crippen LogP contribution in [0.4, 0.5) is 0 Å². The van der Waals surface area contributed by atoms with Crippen molar-refractivity contribution in [1.82, 2.24) is 5.32 Å². The minimum Gasteiger partial charge on any atom is -0.463 e. The van der Waals surface area contributed by atoms with Crippen molar-refractivity contribution in [2.75, 3.05) is 13.4 Å². The maximum absolute atomic E-state index is 13.6. The van der Waals surface area contributed by atoms with Crippen LogP contribution in [0.3, 0.4) is 0 Å². The Morgan fingerprint density at radius 2 is 1.82 bits per heavy atom. The van der Waals surface area contributed by atoms with Gasteiger partial charge < -0.3 is 19.5 Å². The Hall–Kier alpha value is -3.25. The lowest BCUT2D eigenvalue weighted by Gasteiger charge is -2.39. The number of fused-ring (bicyclic) bond motifs is 2. The first-order valence-corrected chi connectivity index (χ1v) is 11.4. The largest absolute Gasteiger partial charge is 0.463 e. The summed E-state index contributed by atoms with van der Waals surface area (Å²) in [5.74, 6) is -0.155. The van der Waals surface area contributed by atoms with Crippen LogP contribution in [-0.4, -0.2) is 25.2 Å². The number of halogens is 1. The number of carbonyl (C=O) groups is 2. The van der Waals surface area contributed by atoms with E-state index in [0.717, 1.165) is 16.8 Å². The van der Waals surface area contributed by atoms with Gasteiger partial charge in [-0.3, -0.25) is 4.79 Å². The number of Topliss-reactive ketones (excluding diaryl/α,β-unsaturated/α-hetero) is 1. The van der Waals surface area contributed by atoms with Gasteiger partial charge in [0.2, 0.25) is 6.79 Å². The lowest BCUT2D eigenvalue weighted by molar-refractivity contribution is -0.139. The van der Waals surface area contributed by atoms with Gasteiger partial charge >= 0.3 is 5.97 Å². The molecule has 0 saturated carbocycles. The van der Waals surface area contributed by atoms with Gasteiger partial charge in [0.25, 0.3) is 0 Å². The van der Waals surface area contributed by atoms with E-state index < -0.39 is 17.8 Å². The quantitative estimate of drug-likeness (QED) is 0.651. The average Bonchev–Trinajstić information content (AvgIpc) is 3.26. The van der Waals surface area contributed by atoms with Crippen LogP contribution in [-0.2, 0) is 14.3 Å². The number of carbonyl (C=O) groups excluding carboxylic acids is 2. The van der Waals surface area contributed by atoms with E-state index in [2.05, 4.69) is 11.4 Å². The zero-order valence-corrected chi connectivity index (χ0v) is 19.1. The highest BCUT2D eigenvalue weighted by atomic mass is 35.5. The van der Waals surface area contributed by atoms with E-state index >= 15 is 0 Å². The van der Waals surface area contributed by atoms with E-state index in [1.54, 1.807) is 6.92 Å². The molecule has 3 aliphatic rings. The van der Waals surface area contributed by atoms with Crippen LogP contribution in [0, 0.1) is 5.92 Å². The highest BCUT2D eigenvalue weighted by molar-refractivity contribution is 6.30. The minimum absolute atomic E-state index is 0.0666. The second-order valence-corrected chi connectivity index (χ2v) is 8.84. The van der Waals surface area contributed by atoms with Crippen molar-refractivity contribution in [3.63, 3.8) is 0 Å². The van der Waals surface area contributed by atoms with Gasteiger partial charge in [0, 0.05) is 34.7 Å². The molecule has 7 heteroatoms. The Kier molecular flexibility index (Phi) is 5.62. The monoisotopic (exact) mass is 465 g/mol. The first-order chi connectivity index (χ1) is 16.0. The number of benzene rings is 2. The van der Waals surface area contributed by atoms with Crippen LogP contribution in [0.15, 0.2) is 65.5 Å². The van der Waals surface area contributed by atoms with Crippen molar-refractivity contribution in [1.29, 1.82) is 0 Å².